The molecule has 16 heavy (non-hydrogen) atoms. The smallest absolute Gasteiger partial charge is 0.193 e. The third-order valence-electron chi connectivity index (χ3n) is 3.73. The lowest BCUT2D eigenvalue weighted by Crippen LogP contribution is -2.60. The van der Waals surface area contributed by atoms with Crippen LogP contribution < -0.4 is 0 Å². The fourth-order valence-corrected chi connectivity index (χ4v) is 2.93. The van der Waals surface area contributed by atoms with Crippen molar-refractivity contribution < 1.29 is 14.3 Å². The molecule has 1 aliphatic carbocycles. The molecule has 1 saturated carbocycles. The van der Waals surface area contributed by atoms with E-state index in [0.29, 0.717) is 6.61 Å². The second kappa shape index (κ2) is 3.59. The van der Waals surface area contributed by atoms with Crippen molar-refractivity contribution >= 4 is 5.78 Å². The van der Waals surface area contributed by atoms with Gasteiger partial charge in [-0.3, -0.25) is 4.79 Å². The molecule has 90 valence electrons. The van der Waals surface area contributed by atoms with Gasteiger partial charge in [-0.15, -0.1) is 0 Å². The Hall–Kier alpha value is -0.830. The summed E-state index contributed by atoms with van der Waals surface area (Å²) in [4.78, 5) is 12.2. The van der Waals surface area contributed by atoms with E-state index in [9.17, 15) is 4.79 Å². The third kappa shape index (κ3) is 1.58. The lowest BCUT2D eigenvalue weighted by atomic mass is 9.65. The molecule has 3 fully saturated rings. The van der Waals surface area contributed by atoms with Gasteiger partial charge in [0, 0.05) is 11.5 Å². The first kappa shape index (κ1) is 11.6. The van der Waals surface area contributed by atoms with Crippen molar-refractivity contribution in [2.24, 2.45) is 5.92 Å². The summed E-state index contributed by atoms with van der Waals surface area (Å²) >= 11 is 0. The number of fused-ring (bicyclic) bond motifs is 3. The van der Waals surface area contributed by atoms with E-state index < -0.39 is 5.60 Å². The van der Waals surface area contributed by atoms with Crippen LogP contribution in [0.3, 0.4) is 0 Å². The van der Waals surface area contributed by atoms with Crippen LogP contribution in [-0.4, -0.2) is 23.6 Å². The Labute approximate surface area is 96.8 Å². The van der Waals surface area contributed by atoms with E-state index in [4.69, 9.17) is 9.47 Å². The molecule has 2 bridgehead atoms. The highest BCUT2D eigenvalue weighted by atomic mass is 16.5. The predicted molar refractivity (Wildman–Crippen MR) is 61.0 cm³/mol. The minimum atomic E-state index is -0.638. The number of ketones is 1. The molecule has 3 heteroatoms. The largest absolute Gasteiger partial charge is 0.501 e. The van der Waals surface area contributed by atoms with Gasteiger partial charge >= 0.3 is 0 Å². The van der Waals surface area contributed by atoms with Crippen molar-refractivity contribution in [3.8, 4) is 0 Å². The molecule has 0 aromatic carbocycles. The second-order valence-corrected chi connectivity index (χ2v) is 5.39. The molecule has 0 aromatic rings. The molecular formula is C13H20O3. The standard InChI is InChI=1S/C13H20O3/c1-5-15-8-9-10-6-7-13(4,11(9)14)16-12(10,2)3/h8,10H,5-7H2,1-4H3/b9-8-. The van der Waals surface area contributed by atoms with Gasteiger partial charge in [-0.05, 0) is 40.5 Å². The van der Waals surface area contributed by atoms with Gasteiger partial charge in [0.2, 0.25) is 0 Å². The first-order valence-electron chi connectivity index (χ1n) is 5.97. The molecule has 0 aromatic heterocycles. The first-order valence-corrected chi connectivity index (χ1v) is 5.97. The summed E-state index contributed by atoms with van der Waals surface area (Å²) in [6.07, 6.45) is 3.48. The Bertz CT molecular complexity index is 343. The van der Waals surface area contributed by atoms with Crippen LogP contribution in [0.15, 0.2) is 11.8 Å². The van der Waals surface area contributed by atoms with Gasteiger partial charge in [-0.2, -0.15) is 0 Å². The highest BCUT2D eigenvalue weighted by Gasteiger charge is 2.56. The Kier molecular flexibility index (Phi) is 2.61. The normalized spacial score (nSPS) is 39.1. The average molecular weight is 224 g/mol. The summed E-state index contributed by atoms with van der Waals surface area (Å²) in [5.74, 6) is 0.282. The van der Waals surface area contributed by atoms with Gasteiger partial charge in [-0.25, -0.2) is 0 Å². The topological polar surface area (TPSA) is 35.5 Å². The van der Waals surface area contributed by atoms with Gasteiger partial charge in [0.15, 0.2) is 5.78 Å². The number of ether oxygens (including phenoxy) is 2. The third-order valence-corrected chi connectivity index (χ3v) is 3.73. The van der Waals surface area contributed by atoms with Crippen LogP contribution in [0.1, 0.15) is 40.5 Å². The molecule has 0 N–H and O–H groups in total. The Morgan fingerprint density at radius 1 is 1.50 bits per heavy atom. The summed E-state index contributed by atoms with van der Waals surface area (Å²) < 4.78 is 11.2. The van der Waals surface area contributed by atoms with Crippen LogP contribution in [0.5, 0.6) is 0 Å². The average Bonchev–Trinajstić information content (AvgIpc) is 2.18. The summed E-state index contributed by atoms with van der Waals surface area (Å²) in [5.41, 5.74) is -0.0859. The summed E-state index contributed by atoms with van der Waals surface area (Å²) in [7, 11) is 0. The molecule has 2 saturated heterocycles. The lowest BCUT2D eigenvalue weighted by Gasteiger charge is -2.53. The molecule has 0 radical (unpaired) electrons. The zero-order chi connectivity index (χ0) is 12.0. The number of hydrogen-bond acceptors (Lipinski definition) is 3. The molecule has 2 atom stereocenters. The van der Waals surface area contributed by atoms with Crippen molar-refractivity contribution in [3.63, 3.8) is 0 Å². The minimum absolute atomic E-state index is 0.108. The van der Waals surface area contributed by atoms with Crippen molar-refractivity contribution in [3.05, 3.63) is 11.8 Å². The van der Waals surface area contributed by atoms with Crippen molar-refractivity contribution in [1.29, 1.82) is 0 Å². The van der Waals surface area contributed by atoms with Crippen LogP contribution in [0, 0.1) is 5.92 Å². The maximum absolute atomic E-state index is 12.2. The van der Waals surface area contributed by atoms with Crippen LogP contribution >= 0.6 is 0 Å². The van der Waals surface area contributed by atoms with Gasteiger partial charge in [0.25, 0.3) is 0 Å². The van der Waals surface area contributed by atoms with Gasteiger partial charge < -0.3 is 9.47 Å². The molecule has 2 unspecified atom stereocenters. The summed E-state index contributed by atoms with van der Waals surface area (Å²) in [6, 6.07) is 0. The SMILES string of the molecule is CCO/C=C1\C(=O)C2(C)CCC1C(C)(C)O2. The van der Waals surface area contributed by atoms with Gasteiger partial charge in [0.1, 0.15) is 5.60 Å². The number of Topliss-reactive ketones (excluding diaryl/α,β-unsaturated/α-hetero) is 1. The molecule has 2 heterocycles. The molecule has 3 rings (SSSR count). The zero-order valence-corrected chi connectivity index (χ0v) is 10.5. The lowest BCUT2D eigenvalue weighted by molar-refractivity contribution is -0.207. The quantitative estimate of drug-likeness (QED) is 0.534. The molecule has 3 nitrogen and oxygen atoms in total. The van der Waals surface area contributed by atoms with Crippen molar-refractivity contribution in [2.75, 3.05) is 6.61 Å². The summed E-state index contributed by atoms with van der Waals surface area (Å²) in [6.45, 7) is 8.53. The number of rotatable bonds is 2. The minimum Gasteiger partial charge on any atom is -0.501 e. The maximum atomic E-state index is 12.2. The van der Waals surface area contributed by atoms with E-state index in [1.54, 1.807) is 6.26 Å². The Balaban J connectivity index is 2.37. The zero-order valence-electron chi connectivity index (χ0n) is 10.5. The maximum Gasteiger partial charge on any atom is 0.193 e. The highest BCUT2D eigenvalue weighted by Crippen LogP contribution is 2.50. The second-order valence-electron chi connectivity index (χ2n) is 5.39. The fourth-order valence-electron chi connectivity index (χ4n) is 2.93. The Morgan fingerprint density at radius 3 is 2.75 bits per heavy atom. The molecule has 2 aliphatic heterocycles. The summed E-state index contributed by atoms with van der Waals surface area (Å²) in [5, 5.41) is 0. The van der Waals surface area contributed by atoms with E-state index in [1.165, 1.54) is 0 Å². The van der Waals surface area contributed by atoms with Crippen molar-refractivity contribution in [2.45, 2.75) is 51.7 Å². The molecule has 0 spiro atoms. The number of carbonyl (C=O) groups is 1. The van der Waals surface area contributed by atoms with E-state index in [0.717, 1.165) is 18.4 Å². The van der Waals surface area contributed by atoms with Crippen LogP contribution in [0.25, 0.3) is 0 Å². The van der Waals surface area contributed by atoms with E-state index in [2.05, 4.69) is 13.8 Å². The molecule has 0 amide bonds. The van der Waals surface area contributed by atoms with Gasteiger partial charge in [-0.1, -0.05) is 0 Å². The van der Waals surface area contributed by atoms with Gasteiger partial charge in [0.05, 0.1) is 18.5 Å². The molecule has 3 aliphatic rings. The Morgan fingerprint density at radius 2 is 2.19 bits per heavy atom. The van der Waals surface area contributed by atoms with E-state index >= 15 is 0 Å². The van der Waals surface area contributed by atoms with Crippen LogP contribution in [-0.2, 0) is 14.3 Å². The van der Waals surface area contributed by atoms with Crippen LogP contribution in [0.4, 0.5) is 0 Å². The fraction of sp³-hybridized carbons (Fsp3) is 0.769. The highest BCUT2D eigenvalue weighted by molar-refractivity contribution is 6.03. The first-order chi connectivity index (χ1) is 7.41. The van der Waals surface area contributed by atoms with E-state index in [1.807, 2.05) is 13.8 Å². The number of hydrogen-bond donors (Lipinski definition) is 0. The molecular weight excluding hydrogens is 204 g/mol. The van der Waals surface area contributed by atoms with E-state index in [-0.39, 0.29) is 17.3 Å². The van der Waals surface area contributed by atoms with Crippen molar-refractivity contribution in [1.82, 2.24) is 0 Å². The van der Waals surface area contributed by atoms with Crippen LogP contribution in [0.2, 0.25) is 0 Å². The monoisotopic (exact) mass is 224 g/mol. The number of carbonyl (C=O) groups excluding carboxylic acids is 1. The predicted octanol–water partition coefficient (Wildman–Crippen LogP) is 2.45.